The predicted octanol–water partition coefficient (Wildman–Crippen LogP) is 4.86. The minimum atomic E-state index is -1.34. The summed E-state index contributed by atoms with van der Waals surface area (Å²) in [6.45, 7) is 1.73. The van der Waals surface area contributed by atoms with Crippen molar-refractivity contribution in [3.05, 3.63) is 82.6 Å². The molecule has 4 aliphatic rings. The first kappa shape index (κ1) is 25.0. The first-order chi connectivity index (χ1) is 19.1. The van der Waals surface area contributed by atoms with Gasteiger partial charge in [0.1, 0.15) is 11.6 Å². The summed E-state index contributed by atoms with van der Waals surface area (Å²) in [6.07, 6.45) is 2.42. The van der Waals surface area contributed by atoms with E-state index >= 15 is 0 Å². The molecule has 0 aromatic heterocycles. The average molecular weight is 559 g/mol. The Morgan fingerprint density at radius 2 is 1.80 bits per heavy atom. The van der Waals surface area contributed by atoms with E-state index in [0.29, 0.717) is 12.0 Å². The monoisotopic (exact) mass is 558 g/mol. The minimum Gasteiger partial charge on any atom is -0.508 e. The largest absolute Gasteiger partial charge is 0.508 e. The van der Waals surface area contributed by atoms with Crippen molar-refractivity contribution in [2.75, 3.05) is 4.90 Å². The highest BCUT2D eigenvalue weighted by Crippen LogP contribution is 2.64. The standard InChI is InChI=1S/C31H24ClFN2O5/c1-31-20(29(39)35(30(31)40)15-7-10-22(33)21(32)12-15)13-19-17(8-9-18-24(19)28(38)34-27(18)37)26(31)25-16-5-3-2-4-14(16)6-11-23(25)36/h2-8,10-12,18-20,24,26,36H,9,13H2,1H3,(H,34,37,38)/t18-,19+,20-,24-,26+,31+/m0/s1. The summed E-state index contributed by atoms with van der Waals surface area (Å²) in [4.78, 5) is 55.3. The summed E-state index contributed by atoms with van der Waals surface area (Å²) in [7, 11) is 0. The molecule has 0 bridgehead atoms. The number of amides is 4. The molecule has 2 N–H and O–H groups in total. The van der Waals surface area contributed by atoms with Gasteiger partial charge in [0.25, 0.3) is 0 Å². The third-order valence-electron chi connectivity index (χ3n) is 9.52. The van der Waals surface area contributed by atoms with Crippen LogP contribution >= 0.6 is 11.6 Å². The van der Waals surface area contributed by atoms with Crippen molar-refractivity contribution < 1.29 is 28.7 Å². The molecule has 1 saturated carbocycles. The number of imide groups is 2. The van der Waals surface area contributed by atoms with Gasteiger partial charge in [0.15, 0.2) is 0 Å². The zero-order chi connectivity index (χ0) is 28.1. The molecule has 7 rings (SSSR count). The van der Waals surface area contributed by atoms with E-state index in [2.05, 4.69) is 5.32 Å². The van der Waals surface area contributed by atoms with Crippen LogP contribution in [-0.2, 0) is 19.2 Å². The zero-order valence-corrected chi connectivity index (χ0v) is 22.1. The summed E-state index contributed by atoms with van der Waals surface area (Å²) in [5.41, 5.74) is 0.0939. The Morgan fingerprint density at radius 1 is 1.02 bits per heavy atom. The van der Waals surface area contributed by atoms with Gasteiger partial charge in [0.2, 0.25) is 23.6 Å². The van der Waals surface area contributed by atoms with Gasteiger partial charge in [-0.15, -0.1) is 0 Å². The van der Waals surface area contributed by atoms with E-state index in [1.807, 2.05) is 30.3 Å². The van der Waals surface area contributed by atoms with Gasteiger partial charge in [-0.3, -0.25) is 24.5 Å². The number of nitrogens with one attached hydrogen (secondary N) is 1. The fourth-order valence-electron chi connectivity index (χ4n) is 7.69. The average Bonchev–Trinajstić information content (AvgIpc) is 3.33. The van der Waals surface area contributed by atoms with Gasteiger partial charge in [-0.05, 0) is 60.7 Å². The number of anilines is 1. The van der Waals surface area contributed by atoms with Crippen LogP contribution in [0, 0.1) is 34.9 Å². The number of carbonyl (C=O) groups excluding carboxylic acids is 4. The van der Waals surface area contributed by atoms with Crippen LogP contribution in [0.25, 0.3) is 10.8 Å². The van der Waals surface area contributed by atoms with Gasteiger partial charge in [-0.25, -0.2) is 9.29 Å². The number of hydrogen-bond acceptors (Lipinski definition) is 5. The predicted molar refractivity (Wildman–Crippen MR) is 145 cm³/mol. The molecular formula is C31H24ClFN2O5. The molecule has 7 nitrogen and oxygen atoms in total. The maximum atomic E-state index is 14.4. The number of carbonyl (C=O) groups is 4. The highest BCUT2D eigenvalue weighted by Gasteiger charge is 2.67. The lowest BCUT2D eigenvalue weighted by Gasteiger charge is -2.49. The smallest absolute Gasteiger partial charge is 0.241 e. The van der Waals surface area contributed by atoms with Crippen molar-refractivity contribution in [1.29, 1.82) is 0 Å². The van der Waals surface area contributed by atoms with Gasteiger partial charge < -0.3 is 5.11 Å². The van der Waals surface area contributed by atoms with E-state index in [0.717, 1.165) is 27.3 Å². The topological polar surface area (TPSA) is 104 Å². The van der Waals surface area contributed by atoms with E-state index in [1.165, 1.54) is 12.1 Å². The lowest BCUT2D eigenvalue weighted by atomic mass is 9.51. The molecule has 2 heterocycles. The lowest BCUT2D eigenvalue weighted by molar-refractivity contribution is -0.131. The second kappa shape index (κ2) is 8.48. The number of phenols is 1. The summed E-state index contributed by atoms with van der Waals surface area (Å²) < 4.78 is 14.0. The third-order valence-corrected chi connectivity index (χ3v) is 9.80. The van der Waals surface area contributed by atoms with E-state index < -0.39 is 52.6 Å². The number of hydrogen-bond donors (Lipinski definition) is 2. The maximum Gasteiger partial charge on any atom is 0.241 e. The Bertz CT molecular complexity index is 1720. The van der Waals surface area contributed by atoms with Crippen LogP contribution in [0.5, 0.6) is 5.75 Å². The molecule has 9 heteroatoms. The van der Waals surface area contributed by atoms with Gasteiger partial charge in [-0.1, -0.05) is 53.6 Å². The number of phenolic OH excluding ortho intramolecular Hbond substituents is 1. The van der Waals surface area contributed by atoms with Crippen LogP contribution < -0.4 is 10.2 Å². The molecule has 2 saturated heterocycles. The Balaban J connectivity index is 1.48. The fraction of sp³-hybridized carbons (Fsp3) is 0.290. The first-order valence-corrected chi connectivity index (χ1v) is 13.6. The summed E-state index contributed by atoms with van der Waals surface area (Å²) in [6, 6.07) is 14.6. The molecule has 2 aliphatic heterocycles. The molecule has 3 aromatic carbocycles. The third kappa shape index (κ3) is 3.17. The molecule has 202 valence electrons. The summed E-state index contributed by atoms with van der Waals surface area (Å²) in [5.74, 6) is -5.72. The second-order valence-electron chi connectivity index (χ2n) is 11.3. The number of benzene rings is 3. The Kier molecular flexibility index (Phi) is 5.29. The van der Waals surface area contributed by atoms with Crippen molar-refractivity contribution in [3.63, 3.8) is 0 Å². The molecule has 4 amide bonds. The quantitative estimate of drug-likeness (QED) is 0.345. The molecular weight excluding hydrogens is 535 g/mol. The van der Waals surface area contributed by atoms with Crippen LogP contribution in [0.1, 0.15) is 31.2 Å². The van der Waals surface area contributed by atoms with Crippen LogP contribution in [0.2, 0.25) is 5.02 Å². The van der Waals surface area contributed by atoms with E-state index in [-0.39, 0.29) is 34.7 Å². The van der Waals surface area contributed by atoms with Crippen molar-refractivity contribution in [3.8, 4) is 5.75 Å². The van der Waals surface area contributed by atoms with Crippen LogP contribution in [0.4, 0.5) is 10.1 Å². The van der Waals surface area contributed by atoms with Crippen molar-refractivity contribution in [2.24, 2.45) is 29.1 Å². The Morgan fingerprint density at radius 3 is 2.58 bits per heavy atom. The Labute approximate surface area is 233 Å². The van der Waals surface area contributed by atoms with Gasteiger partial charge in [0.05, 0.1) is 33.9 Å². The molecule has 0 radical (unpaired) electrons. The van der Waals surface area contributed by atoms with Crippen molar-refractivity contribution in [2.45, 2.75) is 25.7 Å². The number of allylic oxidation sites excluding steroid dienone is 2. The first-order valence-electron chi connectivity index (χ1n) is 13.2. The number of fused-ring (bicyclic) bond motifs is 5. The van der Waals surface area contributed by atoms with Gasteiger partial charge >= 0.3 is 0 Å². The second-order valence-corrected chi connectivity index (χ2v) is 11.7. The SMILES string of the molecule is C[C@@]12C(=O)N(c3ccc(F)c(Cl)c3)C(=O)[C@@H]1C[C@@H]1C(=CC[C@@H]3C(=O)NC(=O)[C@@H]31)[C@@H]2c1c(O)ccc2ccccc12. The minimum absolute atomic E-state index is 0.0252. The van der Waals surface area contributed by atoms with Crippen molar-refractivity contribution >= 4 is 51.7 Å². The highest BCUT2D eigenvalue weighted by atomic mass is 35.5. The molecule has 6 atom stereocenters. The molecule has 3 fully saturated rings. The van der Waals surface area contributed by atoms with Crippen LogP contribution in [0.15, 0.2) is 66.2 Å². The molecule has 0 unspecified atom stereocenters. The normalized spacial score (nSPS) is 31.1. The number of aromatic hydroxyl groups is 1. The molecule has 3 aromatic rings. The molecule has 0 spiro atoms. The van der Waals surface area contributed by atoms with E-state index in [4.69, 9.17) is 11.6 Å². The maximum absolute atomic E-state index is 14.4. The van der Waals surface area contributed by atoms with Crippen LogP contribution in [-0.4, -0.2) is 28.7 Å². The zero-order valence-electron chi connectivity index (χ0n) is 21.4. The highest BCUT2D eigenvalue weighted by molar-refractivity contribution is 6.31. The number of rotatable bonds is 2. The molecule has 40 heavy (non-hydrogen) atoms. The number of halogens is 2. The summed E-state index contributed by atoms with van der Waals surface area (Å²) in [5, 5.41) is 15.1. The van der Waals surface area contributed by atoms with Gasteiger partial charge in [-0.2, -0.15) is 0 Å². The van der Waals surface area contributed by atoms with Gasteiger partial charge in [0, 0.05) is 11.5 Å². The van der Waals surface area contributed by atoms with Crippen LogP contribution in [0.3, 0.4) is 0 Å². The Hall–Kier alpha value is -4.04. The fourth-order valence-corrected chi connectivity index (χ4v) is 7.87. The molecule has 2 aliphatic carbocycles. The lowest BCUT2D eigenvalue weighted by Crippen LogP contribution is -2.48. The summed E-state index contributed by atoms with van der Waals surface area (Å²) >= 11 is 6.03. The van der Waals surface area contributed by atoms with E-state index in [1.54, 1.807) is 19.1 Å². The van der Waals surface area contributed by atoms with Crippen molar-refractivity contribution in [1.82, 2.24) is 5.32 Å². The van der Waals surface area contributed by atoms with E-state index in [9.17, 15) is 28.7 Å². The number of nitrogens with zero attached hydrogens (tertiary/aromatic N) is 1.